The molecule has 0 radical (unpaired) electrons. The number of nitrogen functional groups attached to an aromatic ring is 2. The lowest BCUT2D eigenvalue weighted by Gasteiger charge is -1.86. The lowest BCUT2D eigenvalue weighted by molar-refractivity contribution is 1.33. The van der Waals surface area contributed by atoms with Crippen molar-refractivity contribution in [1.82, 2.24) is 9.97 Å². The number of fused-ring (bicyclic) bond motifs is 1. The molecule has 3 rings (SSSR count). The largest absolute Gasteiger partial charge is 0.398 e. The van der Waals surface area contributed by atoms with E-state index in [1.165, 1.54) is 0 Å². The van der Waals surface area contributed by atoms with E-state index in [1.54, 1.807) is 42.1 Å². The quantitative estimate of drug-likeness (QED) is 0.637. The second-order valence-electron chi connectivity index (χ2n) is 3.35. The standard InChI is InChI=1S/C7H6N2S.C5H6N2/c8-6-4-10-7-3-9-2-1-5(6)7;6-5-2-1-3-7-4-5/h1-4H,8H2;1-4H,6H2. The third-order valence-electron chi connectivity index (χ3n) is 2.09. The Morgan fingerprint density at radius 2 is 1.82 bits per heavy atom. The summed E-state index contributed by atoms with van der Waals surface area (Å²) in [6.07, 6.45) is 6.89. The molecular formula is C12H12N4S. The molecule has 0 aliphatic carbocycles. The van der Waals surface area contributed by atoms with Gasteiger partial charge in [-0.2, -0.15) is 0 Å². The zero-order valence-corrected chi connectivity index (χ0v) is 9.89. The zero-order chi connectivity index (χ0) is 12.1. The molecule has 86 valence electrons. The molecule has 4 nitrogen and oxygen atoms in total. The molecule has 0 spiro atoms. The summed E-state index contributed by atoms with van der Waals surface area (Å²) in [5.41, 5.74) is 12.5. The molecule has 3 aromatic rings. The van der Waals surface area contributed by atoms with E-state index in [0.717, 1.165) is 15.8 Å². The highest BCUT2D eigenvalue weighted by Gasteiger charge is 1.96. The van der Waals surface area contributed by atoms with Gasteiger partial charge in [0.2, 0.25) is 0 Å². The van der Waals surface area contributed by atoms with E-state index in [1.807, 2.05) is 17.6 Å². The molecule has 4 N–H and O–H groups in total. The number of hydrogen-bond acceptors (Lipinski definition) is 5. The molecule has 0 saturated carbocycles. The Morgan fingerprint density at radius 1 is 1.00 bits per heavy atom. The Morgan fingerprint density at radius 3 is 2.41 bits per heavy atom. The minimum atomic E-state index is 0.711. The van der Waals surface area contributed by atoms with Crippen LogP contribution in [0.3, 0.4) is 0 Å². The van der Waals surface area contributed by atoms with Crippen molar-refractivity contribution in [3.63, 3.8) is 0 Å². The summed E-state index contributed by atoms with van der Waals surface area (Å²) < 4.78 is 1.15. The van der Waals surface area contributed by atoms with Crippen LogP contribution in [0.4, 0.5) is 11.4 Å². The lowest BCUT2D eigenvalue weighted by atomic mass is 10.3. The number of nitrogens with zero attached hydrogens (tertiary/aromatic N) is 2. The normalized spacial score (nSPS) is 9.65. The van der Waals surface area contributed by atoms with Crippen molar-refractivity contribution in [3.8, 4) is 0 Å². The van der Waals surface area contributed by atoms with E-state index in [-0.39, 0.29) is 0 Å². The number of thiophene rings is 1. The van der Waals surface area contributed by atoms with Crippen molar-refractivity contribution in [2.75, 3.05) is 11.5 Å². The van der Waals surface area contributed by atoms with Crippen LogP contribution in [0.15, 0.2) is 48.4 Å². The molecule has 0 amide bonds. The smallest absolute Gasteiger partial charge is 0.0547 e. The minimum absolute atomic E-state index is 0.711. The van der Waals surface area contributed by atoms with Gasteiger partial charge in [-0.15, -0.1) is 11.3 Å². The van der Waals surface area contributed by atoms with Crippen LogP contribution >= 0.6 is 11.3 Å². The minimum Gasteiger partial charge on any atom is -0.398 e. The van der Waals surface area contributed by atoms with Crippen LogP contribution in [-0.4, -0.2) is 9.97 Å². The molecule has 5 heteroatoms. The van der Waals surface area contributed by atoms with E-state index in [2.05, 4.69) is 9.97 Å². The number of nitrogens with two attached hydrogens (primary N) is 2. The first-order chi connectivity index (χ1) is 8.27. The first-order valence-electron chi connectivity index (χ1n) is 4.99. The fourth-order valence-electron chi connectivity index (χ4n) is 1.28. The molecular weight excluding hydrogens is 232 g/mol. The summed E-state index contributed by atoms with van der Waals surface area (Å²) in [7, 11) is 0. The molecule has 0 aliphatic rings. The SMILES string of the molecule is Nc1cccnc1.Nc1csc2cnccc12. The van der Waals surface area contributed by atoms with Gasteiger partial charge in [0, 0.05) is 35.6 Å². The number of rotatable bonds is 0. The Bertz CT molecular complexity index is 592. The van der Waals surface area contributed by atoms with Gasteiger partial charge in [-0.1, -0.05) is 0 Å². The highest BCUT2D eigenvalue weighted by molar-refractivity contribution is 7.17. The van der Waals surface area contributed by atoms with Crippen molar-refractivity contribution in [3.05, 3.63) is 48.4 Å². The lowest BCUT2D eigenvalue weighted by Crippen LogP contribution is -1.82. The fourth-order valence-corrected chi connectivity index (χ4v) is 2.09. The molecule has 17 heavy (non-hydrogen) atoms. The Hall–Kier alpha value is -2.14. The zero-order valence-electron chi connectivity index (χ0n) is 9.08. The number of anilines is 2. The number of aromatic nitrogens is 2. The molecule has 0 unspecified atom stereocenters. The average Bonchev–Trinajstić information content (AvgIpc) is 2.74. The summed E-state index contributed by atoms with van der Waals surface area (Å²) in [5, 5.41) is 3.05. The third-order valence-corrected chi connectivity index (χ3v) is 3.04. The van der Waals surface area contributed by atoms with Crippen LogP contribution in [-0.2, 0) is 0 Å². The summed E-state index contributed by atoms with van der Waals surface area (Å²) in [5.74, 6) is 0. The van der Waals surface area contributed by atoms with Gasteiger partial charge in [-0.3, -0.25) is 9.97 Å². The van der Waals surface area contributed by atoms with Gasteiger partial charge in [0.15, 0.2) is 0 Å². The first-order valence-corrected chi connectivity index (χ1v) is 5.87. The summed E-state index contributed by atoms with van der Waals surface area (Å²) in [6.45, 7) is 0. The molecule has 0 aliphatic heterocycles. The van der Waals surface area contributed by atoms with E-state index < -0.39 is 0 Å². The van der Waals surface area contributed by atoms with Gasteiger partial charge in [0.1, 0.15) is 0 Å². The predicted octanol–water partition coefficient (Wildman–Crippen LogP) is 2.54. The van der Waals surface area contributed by atoms with Crippen LogP contribution in [0.2, 0.25) is 0 Å². The first kappa shape index (κ1) is 11.3. The molecule has 0 fully saturated rings. The van der Waals surface area contributed by atoms with Crippen LogP contribution in [0.1, 0.15) is 0 Å². The van der Waals surface area contributed by atoms with Gasteiger partial charge >= 0.3 is 0 Å². The Kier molecular flexibility index (Phi) is 3.52. The maximum atomic E-state index is 5.66. The van der Waals surface area contributed by atoms with Crippen LogP contribution in [0.25, 0.3) is 10.1 Å². The van der Waals surface area contributed by atoms with Crippen molar-refractivity contribution in [2.45, 2.75) is 0 Å². The van der Waals surface area contributed by atoms with Crippen molar-refractivity contribution < 1.29 is 0 Å². The maximum absolute atomic E-state index is 5.66. The topological polar surface area (TPSA) is 77.8 Å². The Balaban J connectivity index is 0.000000136. The summed E-state index contributed by atoms with van der Waals surface area (Å²) in [6, 6.07) is 5.53. The highest BCUT2D eigenvalue weighted by atomic mass is 32.1. The summed E-state index contributed by atoms with van der Waals surface area (Å²) >= 11 is 1.63. The number of hydrogen-bond donors (Lipinski definition) is 2. The summed E-state index contributed by atoms with van der Waals surface area (Å²) in [4.78, 5) is 7.74. The van der Waals surface area contributed by atoms with Crippen molar-refractivity contribution in [1.29, 1.82) is 0 Å². The second-order valence-corrected chi connectivity index (χ2v) is 4.26. The average molecular weight is 244 g/mol. The van der Waals surface area contributed by atoms with Crippen LogP contribution < -0.4 is 11.5 Å². The predicted molar refractivity (Wildman–Crippen MR) is 72.7 cm³/mol. The maximum Gasteiger partial charge on any atom is 0.0547 e. The third kappa shape index (κ3) is 2.92. The fraction of sp³-hybridized carbons (Fsp3) is 0. The second kappa shape index (κ2) is 5.27. The van der Waals surface area contributed by atoms with Crippen LogP contribution in [0.5, 0.6) is 0 Å². The molecule has 0 aromatic carbocycles. The van der Waals surface area contributed by atoms with Crippen molar-refractivity contribution in [2.24, 2.45) is 0 Å². The van der Waals surface area contributed by atoms with E-state index in [9.17, 15) is 0 Å². The molecule has 0 atom stereocenters. The molecule has 0 saturated heterocycles. The van der Waals surface area contributed by atoms with Gasteiger partial charge < -0.3 is 11.5 Å². The molecule has 0 bridgehead atoms. The Labute approximate surface area is 103 Å². The van der Waals surface area contributed by atoms with E-state index in [4.69, 9.17) is 11.5 Å². The van der Waals surface area contributed by atoms with Gasteiger partial charge in [-0.05, 0) is 18.2 Å². The van der Waals surface area contributed by atoms with Gasteiger partial charge in [0.05, 0.1) is 16.1 Å². The molecule has 3 aromatic heterocycles. The monoisotopic (exact) mass is 244 g/mol. The van der Waals surface area contributed by atoms with E-state index in [0.29, 0.717) is 5.69 Å². The highest BCUT2D eigenvalue weighted by Crippen LogP contribution is 2.25. The van der Waals surface area contributed by atoms with Crippen LogP contribution in [0, 0.1) is 0 Å². The van der Waals surface area contributed by atoms with E-state index >= 15 is 0 Å². The molecule has 3 heterocycles. The van der Waals surface area contributed by atoms with Crippen molar-refractivity contribution >= 4 is 32.8 Å². The number of pyridine rings is 2. The van der Waals surface area contributed by atoms with Gasteiger partial charge in [-0.25, -0.2) is 0 Å². The van der Waals surface area contributed by atoms with Gasteiger partial charge in [0.25, 0.3) is 0 Å².